The molecular formula is C15H15NO6S. The van der Waals surface area contributed by atoms with Gasteiger partial charge in [0, 0.05) is 4.88 Å². The number of esters is 2. The summed E-state index contributed by atoms with van der Waals surface area (Å²) in [4.78, 5) is 36.2. The van der Waals surface area contributed by atoms with Crippen molar-refractivity contribution in [1.82, 2.24) is 0 Å². The van der Waals surface area contributed by atoms with Crippen molar-refractivity contribution in [2.75, 3.05) is 19.0 Å². The monoisotopic (exact) mass is 337 g/mol. The summed E-state index contributed by atoms with van der Waals surface area (Å²) in [5.74, 6) is -1.82. The lowest BCUT2D eigenvalue weighted by Crippen LogP contribution is -2.21. The molecule has 1 N–H and O–H groups in total. The molecule has 0 aliphatic rings. The van der Waals surface area contributed by atoms with Gasteiger partial charge in [-0.25, -0.2) is 9.59 Å². The molecule has 0 saturated carbocycles. The number of hydrogen-bond acceptors (Lipinski definition) is 7. The molecule has 1 amide bonds. The second kappa shape index (κ2) is 7.10. The first kappa shape index (κ1) is 16.8. The molecule has 0 bridgehead atoms. The van der Waals surface area contributed by atoms with Crippen molar-refractivity contribution in [3.05, 3.63) is 40.2 Å². The maximum Gasteiger partial charge on any atom is 0.374 e. The van der Waals surface area contributed by atoms with Gasteiger partial charge >= 0.3 is 11.9 Å². The molecule has 0 saturated heterocycles. The fourth-order valence-electron chi connectivity index (χ4n) is 1.82. The van der Waals surface area contributed by atoms with E-state index in [1.165, 1.54) is 36.8 Å². The Bertz CT molecular complexity index is 731. The Morgan fingerprint density at radius 3 is 2.61 bits per heavy atom. The predicted molar refractivity (Wildman–Crippen MR) is 82.8 cm³/mol. The Kier molecular flexibility index (Phi) is 5.17. The van der Waals surface area contributed by atoms with Crippen molar-refractivity contribution < 1.29 is 28.3 Å². The van der Waals surface area contributed by atoms with Crippen LogP contribution in [-0.4, -0.2) is 31.6 Å². The van der Waals surface area contributed by atoms with Gasteiger partial charge in [-0.1, -0.05) is 0 Å². The average molecular weight is 337 g/mol. The molecule has 0 fully saturated rings. The number of rotatable bonds is 5. The summed E-state index contributed by atoms with van der Waals surface area (Å²) in [6.07, 6.45) is 1.33. The van der Waals surface area contributed by atoms with E-state index >= 15 is 0 Å². The van der Waals surface area contributed by atoms with Crippen LogP contribution in [-0.2, 0) is 14.3 Å². The number of thiophene rings is 1. The minimum absolute atomic E-state index is 0.0101. The van der Waals surface area contributed by atoms with E-state index in [2.05, 4.69) is 5.32 Å². The number of carbonyl (C=O) groups excluding carboxylic acids is 3. The zero-order chi connectivity index (χ0) is 17.0. The number of furan rings is 1. The molecule has 0 aromatic carbocycles. The highest BCUT2D eigenvalue weighted by atomic mass is 32.1. The Balaban J connectivity index is 2.02. The number of nitrogens with one attached hydrogen (secondary N) is 1. The minimum atomic E-state index is -0.739. The van der Waals surface area contributed by atoms with Crippen LogP contribution in [0.3, 0.4) is 0 Å². The summed E-state index contributed by atoms with van der Waals surface area (Å²) in [5.41, 5.74) is 1.05. The smallest absolute Gasteiger partial charge is 0.374 e. The Morgan fingerprint density at radius 1 is 1.26 bits per heavy atom. The van der Waals surface area contributed by atoms with Gasteiger partial charge < -0.3 is 19.2 Å². The van der Waals surface area contributed by atoms with Crippen LogP contribution in [0.2, 0.25) is 0 Å². The molecule has 122 valence electrons. The minimum Gasteiger partial charge on any atom is -0.465 e. The molecule has 2 rings (SSSR count). The van der Waals surface area contributed by atoms with Gasteiger partial charge in [-0.05, 0) is 31.5 Å². The second-order valence-electron chi connectivity index (χ2n) is 4.58. The number of carbonyl (C=O) groups is 3. The summed E-state index contributed by atoms with van der Waals surface area (Å²) >= 11 is 1.25. The van der Waals surface area contributed by atoms with Crippen LogP contribution in [0, 0.1) is 13.8 Å². The predicted octanol–water partition coefficient (Wildman–Crippen LogP) is 2.54. The van der Waals surface area contributed by atoms with Crippen LogP contribution in [0.1, 0.15) is 31.4 Å². The summed E-state index contributed by atoms with van der Waals surface area (Å²) in [7, 11) is 1.27. The number of aryl methyl sites for hydroxylation is 1. The van der Waals surface area contributed by atoms with Crippen LogP contribution in [0.15, 0.2) is 22.8 Å². The van der Waals surface area contributed by atoms with Crippen molar-refractivity contribution in [2.45, 2.75) is 13.8 Å². The summed E-state index contributed by atoms with van der Waals surface area (Å²) in [6, 6.07) is 2.97. The van der Waals surface area contributed by atoms with Crippen molar-refractivity contribution in [3.63, 3.8) is 0 Å². The molecule has 7 nitrogen and oxygen atoms in total. The third kappa shape index (κ3) is 3.78. The van der Waals surface area contributed by atoms with Gasteiger partial charge in [-0.2, -0.15) is 0 Å². The normalized spacial score (nSPS) is 10.2. The highest BCUT2D eigenvalue weighted by Crippen LogP contribution is 2.32. The number of methoxy groups -OCH3 is 1. The molecule has 0 aliphatic heterocycles. The molecule has 2 aromatic rings. The van der Waals surface area contributed by atoms with Crippen molar-refractivity contribution in [1.29, 1.82) is 0 Å². The largest absolute Gasteiger partial charge is 0.465 e. The fourth-order valence-corrected chi connectivity index (χ4v) is 2.89. The van der Waals surface area contributed by atoms with Crippen LogP contribution < -0.4 is 5.32 Å². The molecule has 0 radical (unpaired) electrons. The van der Waals surface area contributed by atoms with Gasteiger partial charge in [0.05, 0.1) is 18.9 Å². The standard InChI is InChI=1S/C15H15NO6S/c1-8-9(2)23-13(12(8)15(19)20-3)16-11(17)7-22-14(18)10-5-4-6-21-10/h4-6H,7H2,1-3H3,(H,16,17). The van der Waals surface area contributed by atoms with E-state index in [-0.39, 0.29) is 5.76 Å². The van der Waals surface area contributed by atoms with Gasteiger partial charge in [-0.15, -0.1) is 11.3 Å². The Morgan fingerprint density at radius 2 is 2.00 bits per heavy atom. The van der Waals surface area contributed by atoms with E-state index in [1.807, 2.05) is 6.92 Å². The van der Waals surface area contributed by atoms with Gasteiger partial charge in [0.15, 0.2) is 6.61 Å². The van der Waals surface area contributed by atoms with E-state index in [1.54, 1.807) is 6.92 Å². The fraction of sp³-hybridized carbons (Fsp3) is 0.267. The van der Waals surface area contributed by atoms with Gasteiger partial charge in [0.2, 0.25) is 5.76 Å². The van der Waals surface area contributed by atoms with E-state index in [9.17, 15) is 14.4 Å². The van der Waals surface area contributed by atoms with Crippen molar-refractivity contribution in [2.24, 2.45) is 0 Å². The maximum absolute atomic E-state index is 11.9. The second-order valence-corrected chi connectivity index (χ2v) is 5.81. The first-order chi connectivity index (χ1) is 10.9. The highest BCUT2D eigenvalue weighted by molar-refractivity contribution is 7.16. The maximum atomic E-state index is 11.9. The molecule has 0 spiro atoms. The first-order valence-corrected chi connectivity index (χ1v) is 7.44. The molecule has 0 atom stereocenters. The molecule has 2 heterocycles. The Hall–Kier alpha value is -2.61. The van der Waals surface area contributed by atoms with Crippen LogP contribution >= 0.6 is 11.3 Å². The number of anilines is 1. The Labute approximate surface area is 136 Å². The topological polar surface area (TPSA) is 94.8 Å². The van der Waals surface area contributed by atoms with Crippen molar-refractivity contribution >= 4 is 34.2 Å². The van der Waals surface area contributed by atoms with Gasteiger partial charge in [0.1, 0.15) is 5.00 Å². The highest BCUT2D eigenvalue weighted by Gasteiger charge is 2.22. The first-order valence-electron chi connectivity index (χ1n) is 6.62. The average Bonchev–Trinajstić information content (AvgIpc) is 3.14. The molecule has 0 aliphatic carbocycles. The molecule has 2 aromatic heterocycles. The van der Waals surface area contributed by atoms with E-state index in [0.717, 1.165) is 10.4 Å². The third-order valence-corrected chi connectivity index (χ3v) is 4.21. The SMILES string of the molecule is COC(=O)c1c(NC(=O)COC(=O)c2ccco2)sc(C)c1C. The third-order valence-electron chi connectivity index (χ3n) is 3.08. The summed E-state index contributed by atoms with van der Waals surface area (Å²) in [6.45, 7) is 3.11. The van der Waals surface area contributed by atoms with Gasteiger partial charge in [-0.3, -0.25) is 4.79 Å². The number of hydrogen-bond donors (Lipinski definition) is 1. The zero-order valence-electron chi connectivity index (χ0n) is 12.8. The van der Waals surface area contributed by atoms with Gasteiger partial charge in [0.25, 0.3) is 5.91 Å². The van der Waals surface area contributed by atoms with E-state index < -0.39 is 24.5 Å². The quantitative estimate of drug-likeness (QED) is 0.843. The molecular weight excluding hydrogens is 322 g/mol. The molecule has 23 heavy (non-hydrogen) atoms. The van der Waals surface area contributed by atoms with Crippen molar-refractivity contribution in [3.8, 4) is 0 Å². The molecule has 0 unspecified atom stereocenters. The van der Waals surface area contributed by atoms with E-state index in [0.29, 0.717) is 10.6 Å². The lowest BCUT2D eigenvalue weighted by Gasteiger charge is -2.06. The molecule has 8 heteroatoms. The summed E-state index contributed by atoms with van der Waals surface area (Å²) in [5, 5.41) is 2.93. The lowest BCUT2D eigenvalue weighted by molar-refractivity contribution is -0.119. The van der Waals surface area contributed by atoms with Crippen LogP contribution in [0.4, 0.5) is 5.00 Å². The number of ether oxygens (including phenoxy) is 2. The van der Waals surface area contributed by atoms with E-state index in [4.69, 9.17) is 13.9 Å². The summed E-state index contributed by atoms with van der Waals surface area (Å²) < 4.78 is 14.4. The van der Waals surface area contributed by atoms with Crippen LogP contribution in [0.25, 0.3) is 0 Å². The number of amides is 1. The lowest BCUT2D eigenvalue weighted by atomic mass is 10.1. The van der Waals surface area contributed by atoms with Crippen LogP contribution in [0.5, 0.6) is 0 Å². The zero-order valence-corrected chi connectivity index (χ0v) is 13.6.